The van der Waals surface area contributed by atoms with Gasteiger partial charge in [-0.25, -0.2) is 13.4 Å². The Balaban J connectivity index is 1.37. The molecule has 11 heteroatoms. The van der Waals surface area contributed by atoms with Gasteiger partial charge in [-0.3, -0.25) is 4.79 Å². The maximum Gasteiger partial charge on any atom is 0.239 e. The molecule has 0 aliphatic heterocycles. The molecule has 4 aromatic rings. The van der Waals surface area contributed by atoms with Gasteiger partial charge in [0.05, 0.1) is 34.5 Å². The van der Waals surface area contributed by atoms with Crippen molar-refractivity contribution in [2.45, 2.75) is 21.1 Å². The highest BCUT2D eigenvalue weighted by atomic mass is 35.5. The number of thioether (sulfide) groups is 1. The molecule has 0 unspecified atom stereocenters. The zero-order valence-corrected chi connectivity index (χ0v) is 22.8. The number of rotatable bonds is 10. The summed E-state index contributed by atoms with van der Waals surface area (Å²) in [4.78, 5) is 17.0. The number of sulfone groups is 1. The van der Waals surface area contributed by atoms with E-state index in [1.54, 1.807) is 35.2 Å². The van der Waals surface area contributed by atoms with Gasteiger partial charge in [0.15, 0.2) is 10.1 Å². The predicted molar refractivity (Wildman–Crippen MR) is 146 cm³/mol. The molecule has 7 nitrogen and oxygen atoms in total. The van der Waals surface area contributed by atoms with Crippen molar-refractivity contribution in [3.8, 4) is 5.75 Å². The lowest BCUT2D eigenvalue weighted by atomic mass is 10.2. The minimum Gasteiger partial charge on any atom is -0.493 e. The quantitative estimate of drug-likeness (QED) is 0.197. The predicted octanol–water partition coefficient (Wildman–Crippen LogP) is 5.42. The van der Waals surface area contributed by atoms with Crippen molar-refractivity contribution < 1.29 is 17.9 Å². The number of hydrogen-bond donors (Lipinski definition) is 2. The van der Waals surface area contributed by atoms with Crippen molar-refractivity contribution in [1.82, 2.24) is 10.3 Å². The highest BCUT2D eigenvalue weighted by Crippen LogP contribution is 2.38. The summed E-state index contributed by atoms with van der Waals surface area (Å²) in [5.74, 6) is 0.523. The van der Waals surface area contributed by atoms with Crippen molar-refractivity contribution in [3.05, 3.63) is 71.2 Å². The van der Waals surface area contributed by atoms with Crippen molar-refractivity contribution in [2.75, 3.05) is 31.3 Å². The minimum atomic E-state index is -3.89. The first kappa shape index (κ1) is 26.3. The van der Waals surface area contributed by atoms with E-state index in [2.05, 4.69) is 15.6 Å². The number of anilines is 1. The van der Waals surface area contributed by atoms with E-state index >= 15 is 0 Å². The van der Waals surface area contributed by atoms with Crippen LogP contribution in [0.25, 0.3) is 10.2 Å². The molecule has 0 fully saturated rings. The molecule has 0 saturated heterocycles. The van der Waals surface area contributed by atoms with Gasteiger partial charge in [0, 0.05) is 17.3 Å². The maximum atomic E-state index is 13.3. The molecular formula is C25H24ClN3O4S3. The van der Waals surface area contributed by atoms with E-state index in [1.807, 2.05) is 31.2 Å². The molecular weight excluding hydrogens is 538 g/mol. The number of ether oxygens (including phenoxy) is 1. The van der Waals surface area contributed by atoms with Crippen LogP contribution in [-0.4, -0.2) is 45.3 Å². The second kappa shape index (κ2) is 11.5. The van der Waals surface area contributed by atoms with Gasteiger partial charge < -0.3 is 15.4 Å². The Morgan fingerprint density at radius 3 is 2.61 bits per heavy atom. The molecule has 1 amide bonds. The van der Waals surface area contributed by atoms with Crippen molar-refractivity contribution >= 4 is 66.3 Å². The average Bonchev–Trinajstić information content (AvgIpc) is 3.28. The van der Waals surface area contributed by atoms with Crippen LogP contribution in [0.1, 0.15) is 5.56 Å². The van der Waals surface area contributed by atoms with Gasteiger partial charge in [-0.2, -0.15) is 0 Å². The van der Waals surface area contributed by atoms with Gasteiger partial charge in [-0.1, -0.05) is 53.2 Å². The molecule has 4 rings (SSSR count). The number of aryl methyl sites for hydroxylation is 1. The number of nitrogens with one attached hydrogen (secondary N) is 2. The number of para-hydroxylation sites is 1. The van der Waals surface area contributed by atoms with Gasteiger partial charge >= 0.3 is 0 Å². The molecule has 0 bridgehead atoms. The number of aromatic nitrogens is 1. The molecule has 0 spiro atoms. The van der Waals surface area contributed by atoms with E-state index in [1.165, 1.54) is 31.4 Å². The lowest BCUT2D eigenvalue weighted by Crippen LogP contribution is -2.31. The van der Waals surface area contributed by atoms with Crippen LogP contribution in [0.3, 0.4) is 0 Å². The van der Waals surface area contributed by atoms with Crippen LogP contribution in [-0.2, 0) is 14.6 Å². The monoisotopic (exact) mass is 561 g/mol. The summed E-state index contributed by atoms with van der Waals surface area (Å²) < 4.78 is 34.0. The van der Waals surface area contributed by atoms with E-state index in [-0.39, 0.29) is 33.0 Å². The van der Waals surface area contributed by atoms with Crippen LogP contribution in [0.5, 0.6) is 5.75 Å². The first-order valence-corrected chi connectivity index (χ1v) is 14.6. The number of nitrogens with zero attached hydrogens (tertiary/aromatic N) is 1. The number of fused-ring (bicyclic) bond motifs is 1. The fraction of sp³-hybridized carbons (Fsp3) is 0.200. The summed E-state index contributed by atoms with van der Waals surface area (Å²) in [5, 5.41) is 6.00. The van der Waals surface area contributed by atoms with Crippen molar-refractivity contribution in [1.29, 1.82) is 0 Å². The number of methoxy groups -OCH3 is 1. The largest absolute Gasteiger partial charge is 0.493 e. The van der Waals surface area contributed by atoms with Gasteiger partial charge in [0.2, 0.25) is 15.7 Å². The summed E-state index contributed by atoms with van der Waals surface area (Å²) in [6, 6.07) is 17.4. The zero-order chi connectivity index (χ0) is 25.7. The second-order valence-corrected chi connectivity index (χ2v) is 12.5. The Hall–Kier alpha value is -2.79. The van der Waals surface area contributed by atoms with Gasteiger partial charge in [-0.15, -0.1) is 11.3 Å². The third-order valence-electron chi connectivity index (χ3n) is 5.21. The van der Waals surface area contributed by atoms with Crippen molar-refractivity contribution in [2.24, 2.45) is 0 Å². The Morgan fingerprint density at radius 2 is 1.89 bits per heavy atom. The minimum absolute atomic E-state index is 0.0727. The molecule has 36 heavy (non-hydrogen) atoms. The Bertz CT molecular complexity index is 1460. The molecule has 188 valence electrons. The first-order chi connectivity index (χ1) is 17.3. The topological polar surface area (TPSA) is 97.4 Å². The summed E-state index contributed by atoms with van der Waals surface area (Å²) in [7, 11) is -2.52. The molecule has 0 radical (unpaired) electrons. The van der Waals surface area contributed by atoms with Gasteiger partial charge in [0.25, 0.3) is 0 Å². The Kier molecular flexibility index (Phi) is 8.40. The fourth-order valence-corrected chi connectivity index (χ4v) is 7.18. The van der Waals surface area contributed by atoms with E-state index in [0.29, 0.717) is 18.0 Å². The smallest absolute Gasteiger partial charge is 0.239 e. The molecule has 2 N–H and O–H groups in total. The van der Waals surface area contributed by atoms with Crippen LogP contribution < -0.4 is 15.4 Å². The van der Waals surface area contributed by atoms with E-state index in [0.717, 1.165) is 20.1 Å². The van der Waals surface area contributed by atoms with Gasteiger partial charge in [-0.05, 0) is 43.3 Å². The lowest BCUT2D eigenvalue weighted by Gasteiger charge is -2.16. The number of amides is 1. The van der Waals surface area contributed by atoms with E-state index < -0.39 is 9.84 Å². The van der Waals surface area contributed by atoms with Gasteiger partial charge in [0.1, 0.15) is 4.90 Å². The van der Waals surface area contributed by atoms with E-state index in [4.69, 9.17) is 16.3 Å². The lowest BCUT2D eigenvalue weighted by molar-refractivity contribution is -0.119. The highest BCUT2D eigenvalue weighted by molar-refractivity contribution is 8.01. The zero-order valence-electron chi connectivity index (χ0n) is 19.6. The molecule has 0 atom stereocenters. The summed E-state index contributed by atoms with van der Waals surface area (Å²) in [5.41, 5.74) is 2.23. The first-order valence-electron chi connectivity index (χ1n) is 11.0. The molecule has 1 aromatic heterocycles. The van der Waals surface area contributed by atoms with Crippen molar-refractivity contribution in [3.63, 3.8) is 0 Å². The standard InChI is InChI=1S/C25H24ClN3O4S3/c1-16-7-9-18(10-8-16)36(31,32)22-14-17(26)13-20(24(22)33-2)28-15-23(30)27-11-12-34-25-29-19-5-3-4-6-21(19)35-25/h3-10,13-14,28H,11-12,15H2,1-2H3,(H,27,30). The van der Waals surface area contributed by atoms with Crippen LogP contribution in [0.2, 0.25) is 5.02 Å². The Morgan fingerprint density at radius 1 is 1.14 bits per heavy atom. The number of hydrogen-bond acceptors (Lipinski definition) is 8. The van der Waals surface area contributed by atoms with Crippen LogP contribution in [0, 0.1) is 6.92 Å². The maximum absolute atomic E-state index is 13.3. The summed E-state index contributed by atoms with van der Waals surface area (Å²) in [6.45, 7) is 2.26. The molecule has 3 aromatic carbocycles. The summed E-state index contributed by atoms with van der Waals surface area (Å²) >= 11 is 9.44. The Labute approximate surface area is 223 Å². The van der Waals surface area contributed by atoms with Crippen LogP contribution >= 0.6 is 34.7 Å². The number of carbonyl (C=O) groups excluding carboxylic acids is 1. The van der Waals surface area contributed by atoms with E-state index in [9.17, 15) is 13.2 Å². The number of carbonyl (C=O) groups is 1. The normalized spacial score (nSPS) is 11.4. The molecule has 0 aliphatic rings. The molecule has 1 heterocycles. The number of benzene rings is 3. The SMILES string of the molecule is COc1c(NCC(=O)NCCSc2nc3ccccc3s2)cc(Cl)cc1S(=O)(=O)c1ccc(C)cc1. The average molecular weight is 562 g/mol. The van der Waals surface area contributed by atoms with Crippen LogP contribution in [0.15, 0.2) is 74.8 Å². The fourth-order valence-electron chi connectivity index (χ4n) is 3.43. The molecule has 0 aliphatic carbocycles. The second-order valence-electron chi connectivity index (χ2n) is 7.80. The number of thiazole rings is 1. The molecule has 0 saturated carbocycles. The highest BCUT2D eigenvalue weighted by Gasteiger charge is 2.25. The number of halogens is 1. The third-order valence-corrected chi connectivity index (χ3v) is 9.38. The summed E-state index contributed by atoms with van der Waals surface area (Å²) in [6.07, 6.45) is 0. The van der Waals surface area contributed by atoms with Crippen LogP contribution in [0.4, 0.5) is 5.69 Å². The third kappa shape index (κ3) is 6.12.